The Labute approximate surface area is 81.5 Å². The molecule has 64 valence electrons. The molecule has 2 unspecified atom stereocenters. The second kappa shape index (κ2) is 6.54. The van der Waals surface area contributed by atoms with Gasteiger partial charge in [-0.1, -0.05) is 0 Å². The molecule has 11 heavy (non-hydrogen) atoms. The second-order valence-electron chi connectivity index (χ2n) is 1.99. The molecular formula is C3H10NaO6P. The molecule has 2 atom stereocenters. The van der Waals surface area contributed by atoms with E-state index in [1.54, 1.807) is 6.92 Å². The molecule has 0 bridgehead atoms. The van der Waals surface area contributed by atoms with Gasteiger partial charge in [0.25, 0.3) is 0 Å². The Morgan fingerprint density at radius 2 is 1.36 bits per heavy atom. The Bertz CT molecular complexity index is 116. The van der Waals surface area contributed by atoms with Crippen molar-refractivity contribution in [3.05, 3.63) is 0 Å². The predicted octanol–water partition coefficient (Wildman–Crippen LogP) is -2.07. The monoisotopic (exact) mass is 196 g/mol. The molecule has 0 rings (SSSR count). The SMILES string of the molecule is CC(O)[CH](O)[Na].O=P(O)(O)O. The van der Waals surface area contributed by atoms with Crippen molar-refractivity contribution in [1.82, 2.24) is 0 Å². The van der Waals surface area contributed by atoms with E-state index in [0.717, 1.165) is 0 Å². The summed E-state index contributed by atoms with van der Waals surface area (Å²) in [5.41, 5.74) is 0. The third-order valence-electron chi connectivity index (χ3n) is 0.698. The van der Waals surface area contributed by atoms with Crippen molar-refractivity contribution in [2.45, 2.75) is 16.4 Å². The van der Waals surface area contributed by atoms with Crippen molar-refractivity contribution in [3.8, 4) is 0 Å². The molecule has 0 saturated heterocycles. The van der Waals surface area contributed by atoms with Crippen LogP contribution in [0.5, 0.6) is 0 Å². The standard InChI is InChI=1S/C3H7O2.Na.H3O4P/c1-3(5)2-4;;1-5(2,3)4/h2-5H,1H3;;(H3,1,2,3,4). The summed E-state index contributed by atoms with van der Waals surface area (Å²) in [6.45, 7) is 1.58. The quantitative estimate of drug-likeness (QED) is 0.243. The summed E-state index contributed by atoms with van der Waals surface area (Å²) in [6.07, 6.45) is -0.531. The minimum Gasteiger partial charge on any atom is -0.303 e. The van der Waals surface area contributed by atoms with Crippen LogP contribution in [0, 0.1) is 0 Å². The van der Waals surface area contributed by atoms with Crippen molar-refractivity contribution in [2.75, 3.05) is 0 Å². The number of rotatable bonds is 1. The first kappa shape index (κ1) is 14.5. The van der Waals surface area contributed by atoms with E-state index in [1.165, 1.54) is 0 Å². The maximum absolute atomic E-state index is 8.88. The van der Waals surface area contributed by atoms with E-state index >= 15 is 0 Å². The van der Waals surface area contributed by atoms with Crippen LogP contribution in [0.3, 0.4) is 0 Å². The van der Waals surface area contributed by atoms with Crippen molar-refractivity contribution >= 4 is 35.8 Å². The second-order valence-corrected chi connectivity index (χ2v) is 4.20. The van der Waals surface area contributed by atoms with Crippen LogP contribution in [0.1, 0.15) is 6.92 Å². The Kier molecular flexibility index (Phi) is 8.64. The summed E-state index contributed by atoms with van der Waals surface area (Å²) in [5, 5.41) is 16.9. The average molecular weight is 196 g/mol. The Morgan fingerprint density at radius 1 is 1.27 bits per heavy atom. The van der Waals surface area contributed by atoms with Gasteiger partial charge in [0.05, 0.1) is 0 Å². The summed E-state index contributed by atoms with van der Waals surface area (Å²) in [6, 6.07) is 0. The molecule has 0 saturated carbocycles. The van der Waals surface area contributed by atoms with Crippen LogP contribution in [0.25, 0.3) is 0 Å². The van der Waals surface area contributed by atoms with Crippen molar-refractivity contribution in [2.24, 2.45) is 0 Å². The number of hydrogen-bond acceptors (Lipinski definition) is 3. The van der Waals surface area contributed by atoms with Crippen LogP contribution in [0.4, 0.5) is 0 Å². The van der Waals surface area contributed by atoms with Gasteiger partial charge in [-0.3, -0.25) is 0 Å². The zero-order valence-corrected chi connectivity index (χ0v) is 9.14. The van der Waals surface area contributed by atoms with Crippen LogP contribution in [0.15, 0.2) is 0 Å². The minimum absolute atomic E-state index is 0.454. The number of aliphatic hydroxyl groups is 2. The van der Waals surface area contributed by atoms with Gasteiger partial charge in [-0.2, -0.15) is 0 Å². The van der Waals surface area contributed by atoms with Gasteiger partial charge in [0, 0.05) is 0 Å². The number of phosphoric acid groups is 1. The molecule has 6 nitrogen and oxygen atoms in total. The molecule has 0 aromatic carbocycles. The smallest absolute Gasteiger partial charge is 0.303 e. The maximum Gasteiger partial charge on any atom is 0.466 e. The van der Waals surface area contributed by atoms with Gasteiger partial charge in [0.2, 0.25) is 0 Å². The molecule has 0 radical (unpaired) electrons. The Balaban J connectivity index is 0. The fourth-order valence-corrected chi connectivity index (χ4v) is 0. The zero-order valence-electron chi connectivity index (χ0n) is 6.25. The van der Waals surface area contributed by atoms with E-state index in [2.05, 4.69) is 0 Å². The summed E-state index contributed by atoms with van der Waals surface area (Å²) in [5.74, 6) is 0. The predicted molar refractivity (Wildman–Crippen MR) is 37.7 cm³/mol. The normalized spacial score (nSPS) is 16.4. The van der Waals surface area contributed by atoms with Crippen LogP contribution >= 0.6 is 7.82 Å². The molecule has 8 heteroatoms. The molecule has 0 spiro atoms. The van der Waals surface area contributed by atoms with Gasteiger partial charge in [-0.15, -0.1) is 0 Å². The van der Waals surface area contributed by atoms with Crippen molar-refractivity contribution in [1.29, 1.82) is 0 Å². The topological polar surface area (TPSA) is 118 Å². The van der Waals surface area contributed by atoms with E-state index in [-0.39, 0.29) is 0 Å². The molecule has 5 N–H and O–H groups in total. The minimum atomic E-state index is -4.64. The van der Waals surface area contributed by atoms with Gasteiger partial charge in [0.15, 0.2) is 0 Å². The average Bonchev–Trinajstić information content (AvgIpc) is 1.59. The molecule has 0 aromatic heterocycles. The molecule has 0 aliphatic heterocycles. The molecule has 0 fully saturated rings. The number of hydrogen-bond donors (Lipinski definition) is 5. The molecule has 0 aromatic rings. The van der Waals surface area contributed by atoms with Crippen molar-refractivity contribution < 1.29 is 29.5 Å². The first-order chi connectivity index (χ1) is 4.64. The van der Waals surface area contributed by atoms with Crippen molar-refractivity contribution in [3.63, 3.8) is 0 Å². The third kappa shape index (κ3) is 35.5. The fraction of sp³-hybridized carbons (Fsp3) is 1.00. The molecular weight excluding hydrogens is 186 g/mol. The summed E-state index contributed by atoms with van der Waals surface area (Å²) < 4.78 is 8.43. The van der Waals surface area contributed by atoms with Crippen LogP contribution in [0.2, 0.25) is 0 Å². The van der Waals surface area contributed by atoms with Gasteiger partial charge in [0.1, 0.15) is 0 Å². The summed E-state index contributed by atoms with van der Waals surface area (Å²) >= 11 is 0.659. The first-order valence-corrected chi connectivity index (χ1v) is 5.51. The Morgan fingerprint density at radius 3 is 1.36 bits per heavy atom. The van der Waals surface area contributed by atoms with E-state index in [1.807, 2.05) is 0 Å². The van der Waals surface area contributed by atoms with Gasteiger partial charge in [-0.05, 0) is 0 Å². The zero-order chi connectivity index (χ0) is 9.65. The largest absolute Gasteiger partial charge is 0.466 e. The van der Waals surface area contributed by atoms with Crippen LogP contribution in [-0.4, -0.2) is 62.3 Å². The molecule has 0 heterocycles. The van der Waals surface area contributed by atoms with E-state index in [0.29, 0.717) is 27.9 Å². The number of aliphatic hydroxyl groups excluding tert-OH is 2. The third-order valence-corrected chi connectivity index (χ3v) is 1.66. The van der Waals surface area contributed by atoms with Gasteiger partial charge < -0.3 is 14.7 Å². The van der Waals surface area contributed by atoms with E-state index in [4.69, 9.17) is 29.5 Å². The first-order valence-electron chi connectivity index (χ1n) is 2.79. The van der Waals surface area contributed by atoms with Crippen LogP contribution in [-0.2, 0) is 4.57 Å². The Hall–Kier alpha value is 1.03. The van der Waals surface area contributed by atoms with E-state index in [9.17, 15) is 0 Å². The molecule has 0 amide bonds. The van der Waals surface area contributed by atoms with Crippen LogP contribution < -0.4 is 0 Å². The van der Waals surface area contributed by atoms with E-state index < -0.39 is 17.3 Å². The fourth-order valence-electron chi connectivity index (χ4n) is 0. The molecule has 0 aliphatic rings. The van der Waals surface area contributed by atoms with Gasteiger partial charge >= 0.3 is 62.3 Å². The summed E-state index contributed by atoms with van der Waals surface area (Å²) in [7, 11) is -4.64. The summed E-state index contributed by atoms with van der Waals surface area (Å²) in [4.78, 5) is 21.6. The van der Waals surface area contributed by atoms with Gasteiger partial charge in [-0.25, -0.2) is 4.57 Å². The molecule has 0 aliphatic carbocycles. The maximum atomic E-state index is 8.88.